The van der Waals surface area contributed by atoms with E-state index >= 15 is 0 Å². The Hall–Kier alpha value is -4.28. The number of aliphatic hydroxyl groups is 6. The number of urea groups is 4. The number of carbonyl (C=O) groups excluding carboxylic acids is 4. The molecule has 14 N–H and O–H groups in total. The van der Waals surface area contributed by atoms with Gasteiger partial charge in [-0.1, -0.05) is 26.3 Å². The number of amides is 8. The van der Waals surface area contributed by atoms with Crippen LogP contribution in [0, 0.1) is 0 Å². The van der Waals surface area contributed by atoms with Gasteiger partial charge in [0.1, 0.15) is 72.7 Å². The lowest BCUT2D eigenvalue weighted by atomic mass is 9.87. The van der Waals surface area contributed by atoms with Crippen LogP contribution in [0.3, 0.4) is 0 Å². The second-order valence-corrected chi connectivity index (χ2v) is 43.8. The van der Waals surface area contributed by atoms with E-state index in [0.29, 0.717) is 57.9 Å². The van der Waals surface area contributed by atoms with Crippen molar-refractivity contribution in [1.29, 1.82) is 0 Å². The molecule has 16 atom stereocenters. The van der Waals surface area contributed by atoms with E-state index in [-0.39, 0.29) is 36.3 Å². The normalized spacial score (nSPS) is 34.2. The van der Waals surface area contributed by atoms with Gasteiger partial charge in [0, 0.05) is 84.1 Å². The fourth-order valence-electron chi connectivity index (χ4n) is 10.8. The van der Waals surface area contributed by atoms with Gasteiger partial charge in [0.05, 0.1) is 23.9 Å². The SMILES string of the molecule is C=C1NC(=O)NC=C1[C@@H]1O[C@H](CCP(=C)(C)C)[C@@H](O)[C@@]1(C)O.C=C1NC(=O)NC=C1[C@@H]1O[C@H](CCP(=C)(C)C)[C@@H](O)[C@H]1OC.C=C1NC(=O)NC=C1[C@@H]1O[C@H](CCP(=C)(C)C)[C@@H](O)[C@H]1OC.C=C1NC(=O)NC=C1[C@@H]1O[C@](C)(CCP(=C)(C)C)[C@@H](O)[C@H]1O. The first-order valence-corrected chi connectivity index (χ1v) is 41.1. The van der Waals surface area contributed by atoms with Gasteiger partial charge in [-0.25, -0.2) is 19.2 Å². The summed E-state index contributed by atoms with van der Waals surface area (Å²) in [6.07, 6.45) is 20.1. The van der Waals surface area contributed by atoms with E-state index in [9.17, 15) is 49.8 Å². The molecule has 0 aromatic carbocycles. The zero-order valence-corrected chi connectivity index (χ0v) is 56.8. The minimum Gasteiger partial charge on any atom is -0.388 e. The minimum absolute atomic E-state index is 0.303. The molecule has 0 bridgehead atoms. The van der Waals surface area contributed by atoms with Crippen molar-refractivity contribution in [3.8, 4) is 0 Å². The first-order chi connectivity index (χ1) is 40.5. The maximum atomic E-state index is 11.3. The van der Waals surface area contributed by atoms with Gasteiger partial charge in [0.25, 0.3) is 0 Å². The third kappa shape index (κ3) is 19.9. The van der Waals surface area contributed by atoms with Crippen LogP contribution in [-0.2, 0) is 28.4 Å². The van der Waals surface area contributed by atoms with Gasteiger partial charge in [-0.15, -0.1) is 52.7 Å². The molecule has 8 heterocycles. The van der Waals surface area contributed by atoms with E-state index in [2.05, 4.69) is 147 Å². The molecule has 24 nitrogen and oxygen atoms in total. The maximum Gasteiger partial charge on any atom is 0.323 e. The highest BCUT2D eigenvalue weighted by molar-refractivity contribution is 7.73. The van der Waals surface area contributed by atoms with E-state index in [1.807, 2.05) is 0 Å². The summed E-state index contributed by atoms with van der Waals surface area (Å²) in [5, 5.41) is 83.2. The molecule has 0 spiro atoms. The summed E-state index contributed by atoms with van der Waals surface area (Å²) in [5.41, 5.74) is 1.83. The number of hydrogen-bond acceptors (Lipinski definition) is 16. The molecule has 496 valence electrons. The van der Waals surface area contributed by atoms with Gasteiger partial charge in [-0.3, -0.25) is 0 Å². The van der Waals surface area contributed by atoms with Crippen molar-refractivity contribution in [2.75, 3.05) is 92.2 Å². The number of methoxy groups -OCH3 is 2. The van der Waals surface area contributed by atoms with Gasteiger partial charge in [0.2, 0.25) is 0 Å². The second kappa shape index (κ2) is 30.0. The molecule has 88 heavy (non-hydrogen) atoms. The molecule has 4 fully saturated rings. The van der Waals surface area contributed by atoms with E-state index in [0.717, 1.165) is 37.5 Å². The van der Waals surface area contributed by atoms with E-state index in [1.54, 1.807) is 33.5 Å². The first-order valence-electron chi connectivity index (χ1n) is 28.9. The van der Waals surface area contributed by atoms with Crippen LogP contribution in [-0.4, -0.2) is 269 Å². The Morgan fingerprint density at radius 1 is 0.477 bits per heavy atom. The standard InChI is InChI=1S/4C15H25N2O4P/c1-9-10(8-16-14(20)17-9)12-11(18)13(19)15(2,21-12)6-7-22(3,4)5;1-9-10(8-16-14(19)17-9)13-15(2,20)12(18)11(21-13)6-7-22(3,4)5;2*1-9-10(8-16-15(19)17-9)13-14(20-2)12(18)11(21-13)6-7-22(3,4)5/h8,11-13,18-19H,1,3,6-7H2,2,4-5H3,(H2,16,17,20);8,11-13,18,20H,1,3,6-7H2,2,4-5H3,(H2,16,17,19);2*8,11-14,18H,1,3,6-7H2,2,4-5H3,(H2,16,17,19)/t11-,12-,13-,15+;11-,12-,13+,15-;2*11-,12-,13+,14-/m0111/s1. The molecule has 0 aliphatic carbocycles. The largest absolute Gasteiger partial charge is 0.388 e. The molecule has 8 aliphatic rings. The summed E-state index contributed by atoms with van der Waals surface area (Å²) >= 11 is 0. The molecule has 4 saturated heterocycles. The number of aliphatic hydroxyl groups excluding tert-OH is 5. The molecule has 0 aromatic rings. The van der Waals surface area contributed by atoms with Crippen LogP contribution < -0.4 is 42.5 Å². The van der Waals surface area contributed by atoms with Crippen LogP contribution in [0.15, 0.2) is 96.2 Å². The van der Waals surface area contributed by atoms with Gasteiger partial charge in [-0.2, -0.15) is 0 Å². The third-order valence-electron chi connectivity index (χ3n) is 16.0. The van der Waals surface area contributed by atoms with E-state index in [1.165, 1.54) is 19.3 Å². The van der Waals surface area contributed by atoms with Crippen molar-refractivity contribution in [3.05, 3.63) is 96.2 Å². The average Bonchev–Trinajstić information content (AvgIpc) is 2.23. The smallest absolute Gasteiger partial charge is 0.323 e. The average molecular weight is 1310 g/mol. The Morgan fingerprint density at radius 3 is 1.11 bits per heavy atom. The van der Waals surface area contributed by atoms with E-state index < -0.39 is 112 Å². The van der Waals surface area contributed by atoms with Crippen LogP contribution in [0.4, 0.5) is 19.2 Å². The number of ether oxygens (including phenoxy) is 6. The van der Waals surface area contributed by atoms with Crippen LogP contribution in [0.2, 0.25) is 0 Å². The predicted octanol–water partition coefficient (Wildman–Crippen LogP) is 3.23. The summed E-state index contributed by atoms with van der Waals surface area (Å²) in [4.78, 5) is 45.0. The number of rotatable bonds is 18. The molecule has 8 amide bonds. The summed E-state index contributed by atoms with van der Waals surface area (Å²) < 4.78 is 34.8. The van der Waals surface area contributed by atoms with Gasteiger partial charge in [-0.05, 0) is 117 Å². The number of hydrogen-bond donors (Lipinski definition) is 14. The highest BCUT2D eigenvalue weighted by atomic mass is 31.2. The lowest BCUT2D eigenvalue weighted by Gasteiger charge is -2.30. The number of carbonyl (C=O) groups is 4. The predicted molar refractivity (Wildman–Crippen MR) is 359 cm³/mol. The van der Waals surface area contributed by atoms with Crippen LogP contribution in [0.25, 0.3) is 0 Å². The molecule has 0 radical (unpaired) electrons. The fourth-order valence-corrected chi connectivity index (χ4v) is 14.7. The fraction of sp³-hybridized carbons (Fsp3) is 0.600. The lowest BCUT2D eigenvalue weighted by molar-refractivity contribution is -0.0634. The Labute approximate surface area is 520 Å². The molecular weight excluding hydrogens is 1210 g/mol. The molecule has 8 rings (SSSR count). The Morgan fingerprint density at radius 2 is 0.795 bits per heavy atom. The monoisotopic (exact) mass is 1310 g/mol. The highest BCUT2D eigenvalue weighted by Crippen LogP contribution is 2.46. The molecular formula is C60H100N8O16P4. The van der Waals surface area contributed by atoms with Crippen LogP contribution >= 0.6 is 27.5 Å². The van der Waals surface area contributed by atoms with Crippen molar-refractivity contribution in [2.24, 2.45) is 0 Å². The van der Waals surface area contributed by atoms with Crippen LogP contribution in [0.1, 0.15) is 39.5 Å². The zero-order chi connectivity index (χ0) is 66.4. The molecule has 0 saturated carbocycles. The molecule has 28 heteroatoms. The topological polar surface area (TPSA) is 341 Å². The summed E-state index contributed by atoms with van der Waals surface area (Å²) in [7, 11) is 3.09. The van der Waals surface area contributed by atoms with Crippen molar-refractivity contribution in [1.82, 2.24) is 42.5 Å². The zero-order valence-electron chi connectivity index (χ0n) is 53.3. The molecule has 0 unspecified atom stereocenters. The quantitative estimate of drug-likeness (QED) is 0.0876. The third-order valence-corrected chi connectivity index (χ3v) is 21.9. The number of nitrogens with one attached hydrogen (secondary N) is 8. The molecule has 0 aromatic heterocycles. The Kier molecular flexibility index (Phi) is 25.4. The summed E-state index contributed by atoms with van der Waals surface area (Å²) in [6, 6.07) is -1.43. The Balaban J connectivity index is 0.000000214. The van der Waals surface area contributed by atoms with Crippen molar-refractivity contribution in [3.63, 3.8) is 0 Å². The molecule has 8 aliphatic heterocycles. The Bertz CT molecular complexity index is 2840. The highest BCUT2D eigenvalue weighted by Gasteiger charge is 2.55. The second-order valence-electron chi connectivity index (χ2n) is 26.5. The van der Waals surface area contributed by atoms with E-state index in [4.69, 9.17) is 28.4 Å². The maximum absolute atomic E-state index is 11.3. The minimum atomic E-state index is -1.45. The van der Waals surface area contributed by atoms with Crippen molar-refractivity contribution >= 4 is 76.9 Å². The van der Waals surface area contributed by atoms with Crippen molar-refractivity contribution in [2.45, 2.75) is 136 Å². The van der Waals surface area contributed by atoms with Crippen molar-refractivity contribution < 1.29 is 78.2 Å². The lowest BCUT2D eigenvalue weighted by Crippen LogP contribution is -2.49. The van der Waals surface area contributed by atoms with Gasteiger partial charge >= 0.3 is 24.1 Å². The summed E-state index contributed by atoms with van der Waals surface area (Å²) in [5.74, 6) is 0. The van der Waals surface area contributed by atoms with Gasteiger partial charge in [0.15, 0.2) is 0 Å². The van der Waals surface area contributed by atoms with Gasteiger partial charge < -0.3 is 102 Å². The summed E-state index contributed by atoms with van der Waals surface area (Å²) in [6.45, 7) is 30.8. The first kappa shape index (κ1) is 74.4. The van der Waals surface area contributed by atoms with Crippen LogP contribution in [0.5, 0.6) is 0 Å².